The Balaban J connectivity index is 1.18. The largest absolute Gasteiger partial charge is 0.464 e. The van der Waals surface area contributed by atoms with Crippen molar-refractivity contribution in [2.24, 2.45) is 5.92 Å². The van der Waals surface area contributed by atoms with Crippen LogP contribution >= 0.6 is 0 Å². The smallest absolute Gasteiger partial charge is 0.329 e. The van der Waals surface area contributed by atoms with Gasteiger partial charge in [-0.15, -0.1) is 0 Å². The lowest BCUT2D eigenvalue weighted by atomic mass is 9.89. The summed E-state index contributed by atoms with van der Waals surface area (Å²) in [7, 11) is 0. The van der Waals surface area contributed by atoms with E-state index in [2.05, 4.69) is 22.4 Å². The van der Waals surface area contributed by atoms with Crippen molar-refractivity contribution in [2.75, 3.05) is 31.6 Å². The molecule has 0 saturated carbocycles. The first-order valence-corrected chi connectivity index (χ1v) is 12.9. The van der Waals surface area contributed by atoms with E-state index in [0.717, 1.165) is 60.6 Å². The topological polar surface area (TPSA) is 105 Å². The van der Waals surface area contributed by atoms with Crippen molar-refractivity contribution in [1.82, 2.24) is 19.8 Å². The number of nitrogens with one attached hydrogen (secondary N) is 1. The van der Waals surface area contributed by atoms with E-state index < -0.39 is 18.1 Å². The maximum atomic E-state index is 13.1. The number of aromatic nitrogens is 2. The maximum Gasteiger partial charge on any atom is 0.329 e. The lowest BCUT2D eigenvalue weighted by molar-refractivity contribution is -0.178. The van der Waals surface area contributed by atoms with Crippen LogP contribution in [0.25, 0.3) is 0 Å². The minimum absolute atomic E-state index is 0.185. The SMILES string of the molecule is CCOC(=O)C(Cc1cccnc1)N1C(=O)C(N2CCC(Cc3ccc4c(n3)NCCC4)CC2)C1=O. The molecule has 0 bridgehead atoms. The van der Waals surface area contributed by atoms with Gasteiger partial charge < -0.3 is 10.1 Å². The first-order chi connectivity index (χ1) is 17.5. The number of hydrogen-bond acceptors (Lipinski definition) is 8. The lowest BCUT2D eigenvalue weighted by Gasteiger charge is -2.46. The summed E-state index contributed by atoms with van der Waals surface area (Å²) in [5, 5.41) is 3.40. The Morgan fingerprint density at radius 1 is 1.19 bits per heavy atom. The standard InChI is InChI=1S/C27H33N5O4/c1-2-36-27(35)22(16-19-5-3-11-28-17-19)32-25(33)23(26(32)34)31-13-9-18(10-14-31)15-21-8-7-20-6-4-12-29-24(20)30-21/h3,5,7-8,11,17-18,22-23H,2,4,6,9-10,12-16H2,1H3,(H,29,30). The number of piperidine rings is 1. The fourth-order valence-corrected chi connectivity index (χ4v) is 5.49. The molecule has 2 aromatic heterocycles. The van der Waals surface area contributed by atoms with Gasteiger partial charge in [0.1, 0.15) is 11.9 Å². The van der Waals surface area contributed by atoms with E-state index in [1.54, 1.807) is 25.4 Å². The first-order valence-electron chi connectivity index (χ1n) is 12.9. The summed E-state index contributed by atoms with van der Waals surface area (Å²) in [5.74, 6) is 0.289. The normalized spacial score (nSPS) is 19.9. The van der Waals surface area contributed by atoms with Crippen LogP contribution in [0.2, 0.25) is 0 Å². The zero-order valence-electron chi connectivity index (χ0n) is 20.7. The molecule has 5 heterocycles. The fraction of sp³-hybridized carbons (Fsp3) is 0.519. The van der Waals surface area contributed by atoms with E-state index in [1.165, 1.54) is 5.56 Å². The number of rotatable bonds is 8. The number of aryl methyl sites for hydroxylation is 1. The molecule has 1 N–H and O–H groups in total. The number of imide groups is 1. The monoisotopic (exact) mass is 491 g/mol. The Morgan fingerprint density at radius 2 is 2.00 bits per heavy atom. The van der Waals surface area contributed by atoms with E-state index in [1.807, 2.05) is 11.0 Å². The van der Waals surface area contributed by atoms with Crippen molar-refractivity contribution in [1.29, 1.82) is 0 Å². The second kappa shape index (κ2) is 10.7. The summed E-state index contributed by atoms with van der Waals surface area (Å²) in [6, 6.07) is 6.14. The van der Waals surface area contributed by atoms with Gasteiger partial charge in [-0.2, -0.15) is 0 Å². The number of nitrogens with zero attached hydrogens (tertiary/aromatic N) is 4. The Bertz CT molecular complexity index is 1100. The van der Waals surface area contributed by atoms with Crippen LogP contribution in [0.15, 0.2) is 36.7 Å². The summed E-state index contributed by atoms with van der Waals surface area (Å²) < 4.78 is 5.19. The van der Waals surface area contributed by atoms with Gasteiger partial charge in [0.25, 0.3) is 11.8 Å². The fourth-order valence-electron chi connectivity index (χ4n) is 5.49. The van der Waals surface area contributed by atoms with Crippen LogP contribution in [-0.2, 0) is 38.4 Å². The van der Waals surface area contributed by atoms with Crippen LogP contribution in [0.4, 0.5) is 5.82 Å². The number of β-lactam (4-membered cyclic amide) rings is 2. The molecule has 0 aliphatic carbocycles. The average molecular weight is 492 g/mol. The van der Waals surface area contributed by atoms with E-state index in [0.29, 0.717) is 19.0 Å². The predicted octanol–water partition coefficient (Wildman–Crippen LogP) is 2.00. The highest BCUT2D eigenvalue weighted by Gasteiger charge is 2.55. The van der Waals surface area contributed by atoms with Crippen molar-refractivity contribution in [3.8, 4) is 0 Å². The second-order valence-electron chi connectivity index (χ2n) is 9.81. The third-order valence-corrected chi connectivity index (χ3v) is 7.43. The molecule has 3 aliphatic rings. The molecule has 2 aromatic rings. The summed E-state index contributed by atoms with van der Waals surface area (Å²) in [5.41, 5.74) is 3.15. The van der Waals surface area contributed by atoms with E-state index in [9.17, 15) is 14.4 Å². The summed E-state index contributed by atoms with van der Waals surface area (Å²) >= 11 is 0. The number of esters is 1. The zero-order valence-corrected chi connectivity index (χ0v) is 20.7. The first kappa shape index (κ1) is 24.4. The van der Waals surface area contributed by atoms with Gasteiger partial charge in [0.05, 0.1) is 6.61 Å². The molecule has 190 valence electrons. The molecule has 3 aliphatic heterocycles. The molecule has 0 spiro atoms. The Kier molecular flexibility index (Phi) is 7.27. The number of likely N-dealkylation sites (tertiary alicyclic amines) is 2. The number of anilines is 1. The van der Waals surface area contributed by atoms with Gasteiger partial charge in [0.2, 0.25) is 0 Å². The maximum absolute atomic E-state index is 13.1. The van der Waals surface area contributed by atoms with E-state index in [4.69, 9.17) is 9.72 Å². The summed E-state index contributed by atoms with van der Waals surface area (Å²) in [6.45, 7) is 4.22. The molecule has 9 heteroatoms. The molecule has 1 unspecified atom stereocenters. The van der Waals surface area contributed by atoms with Gasteiger partial charge in [-0.25, -0.2) is 9.78 Å². The van der Waals surface area contributed by atoms with Gasteiger partial charge in [0.15, 0.2) is 6.04 Å². The molecule has 1 atom stereocenters. The van der Waals surface area contributed by atoms with Gasteiger partial charge >= 0.3 is 5.97 Å². The molecule has 2 saturated heterocycles. The van der Waals surface area contributed by atoms with Crippen molar-refractivity contribution in [3.05, 3.63) is 53.5 Å². The van der Waals surface area contributed by atoms with Crippen molar-refractivity contribution >= 4 is 23.6 Å². The summed E-state index contributed by atoms with van der Waals surface area (Å²) in [6.07, 6.45) is 8.40. The highest BCUT2D eigenvalue weighted by Crippen LogP contribution is 2.30. The molecule has 5 rings (SSSR count). The van der Waals surface area contributed by atoms with Crippen LogP contribution in [0, 0.1) is 5.92 Å². The highest BCUT2D eigenvalue weighted by atomic mass is 16.5. The average Bonchev–Trinajstić information content (AvgIpc) is 2.90. The second-order valence-corrected chi connectivity index (χ2v) is 9.81. The zero-order chi connectivity index (χ0) is 25.1. The Labute approximate surface area is 211 Å². The van der Waals surface area contributed by atoms with Crippen LogP contribution in [0.5, 0.6) is 0 Å². The molecule has 36 heavy (non-hydrogen) atoms. The van der Waals surface area contributed by atoms with Crippen LogP contribution in [0.1, 0.15) is 43.0 Å². The predicted molar refractivity (Wildman–Crippen MR) is 133 cm³/mol. The van der Waals surface area contributed by atoms with E-state index in [-0.39, 0.29) is 24.8 Å². The van der Waals surface area contributed by atoms with Gasteiger partial charge in [-0.3, -0.25) is 24.4 Å². The van der Waals surface area contributed by atoms with Gasteiger partial charge in [0, 0.05) is 31.1 Å². The van der Waals surface area contributed by atoms with E-state index >= 15 is 0 Å². The van der Waals surface area contributed by atoms with Crippen LogP contribution in [0.3, 0.4) is 0 Å². The minimum Gasteiger partial charge on any atom is -0.464 e. The lowest BCUT2D eigenvalue weighted by Crippen LogP contribution is -2.72. The van der Waals surface area contributed by atoms with Crippen LogP contribution < -0.4 is 5.32 Å². The highest BCUT2D eigenvalue weighted by molar-refractivity contribution is 6.22. The number of pyridine rings is 2. The Hall–Kier alpha value is -3.33. The number of amides is 2. The molecule has 2 amide bonds. The molecular weight excluding hydrogens is 458 g/mol. The molecular formula is C27H33N5O4. The van der Waals surface area contributed by atoms with Crippen molar-refractivity contribution in [3.63, 3.8) is 0 Å². The van der Waals surface area contributed by atoms with Gasteiger partial charge in [-0.05, 0) is 81.3 Å². The quantitative estimate of drug-likeness (QED) is 0.340. The molecule has 0 radical (unpaired) electrons. The van der Waals surface area contributed by atoms with Crippen LogP contribution in [-0.4, -0.2) is 75.9 Å². The number of carbonyl (C=O) groups excluding carboxylic acids is 3. The molecule has 2 fully saturated rings. The molecule has 9 nitrogen and oxygen atoms in total. The minimum atomic E-state index is -0.966. The molecule has 0 aromatic carbocycles. The number of carbonyl (C=O) groups is 3. The number of ether oxygens (including phenoxy) is 1. The third kappa shape index (κ3) is 4.97. The summed E-state index contributed by atoms with van der Waals surface area (Å²) in [4.78, 5) is 50.9. The third-order valence-electron chi connectivity index (χ3n) is 7.43. The van der Waals surface area contributed by atoms with Gasteiger partial charge in [-0.1, -0.05) is 12.1 Å². The van der Waals surface area contributed by atoms with Crippen molar-refractivity contribution < 1.29 is 19.1 Å². The number of hydrogen-bond donors (Lipinski definition) is 1. The van der Waals surface area contributed by atoms with Crippen molar-refractivity contribution in [2.45, 2.75) is 57.5 Å². The Morgan fingerprint density at radius 3 is 2.72 bits per heavy atom. The number of fused-ring (bicyclic) bond motifs is 1.